The lowest BCUT2D eigenvalue weighted by molar-refractivity contribution is -0.119. The Kier molecular flexibility index (Phi) is 6.12. The van der Waals surface area contributed by atoms with Crippen molar-refractivity contribution in [1.82, 2.24) is 14.5 Å². The molecule has 0 saturated heterocycles. The highest BCUT2D eigenvalue weighted by Gasteiger charge is 2.24. The number of hydrogen-bond acceptors (Lipinski definition) is 6. The van der Waals surface area contributed by atoms with Gasteiger partial charge >= 0.3 is 0 Å². The summed E-state index contributed by atoms with van der Waals surface area (Å²) in [5.41, 5.74) is 1.68. The fourth-order valence-corrected chi connectivity index (χ4v) is 5.31. The molecule has 9 heteroatoms. The monoisotopic (exact) mass is 502 g/mol. The number of benzene rings is 1. The quantitative estimate of drug-likeness (QED) is 0.377. The van der Waals surface area contributed by atoms with E-state index >= 15 is 0 Å². The van der Waals surface area contributed by atoms with E-state index in [1.165, 1.54) is 33.6 Å². The molecule has 6 nitrogen and oxygen atoms in total. The van der Waals surface area contributed by atoms with E-state index in [9.17, 15) is 9.59 Å². The number of fused-ring (bicyclic) bond motifs is 1. The Hall–Kier alpha value is -2.36. The third kappa shape index (κ3) is 3.84. The predicted molar refractivity (Wildman–Crippen MR) is 126 cm³/mol. The SMILES string of the molecule is CCc1sc2ncn(C(CC)C(=O)Nc3nccs3)c(=O)c2c1-c1ccc(Br)cc1. The minimum absolute atomic E-state index is 0.199. The number of nitrogens with one attached hydrogen (secondary N) is 1. The van der Waals surface area contributed by atoms with Crippen LogP contribution in [0.2, 0.25) is 0 Å². The van der Waals surface area contributed by atoms with Crippen LogP contribution in [-0.2, 0) is 11.2 Å². The summed E-state index contributed by atoms with van der Waals surface area (Å²) in [6, 6.07) is 7.25. The van der Waals surface area contributed by atoms with Gasteiger partial charge in [-0.25, -0.2) is 9.97 Å². The summed E-state index contributed by atoms with van der Waals surface area (Å²) in [6.45, 7) is 3.95. The zero-order valence-electron chi connectivity index (χ0n) is 16.4. The number of rotatable bonds is 6. The first kappa shape index (κ1) is 20.9. The van der Waals surface area contributed by atoms with Crippen LogP contribution in [0.25, 0.3) is 21.3 Å². The molecular formula is C21H19BrN4O2S2. The first-order valence-corrected chi connectivity index (χ1v) is 12.0. The molecule has 0 aliphatic carbocycles. The van der Waals surface area contributed by atoms with Crippen LogP contribution in [-0.4, -0.2) is 20.4 Å². The lowest BCUT2D eigenvalue weighted by Crippen LogP contribution is -2.33. The Bertz CT molecular complexity index is 1250. The second-order valence-electron chi connectivity index (χ2n) is 6.65. The number of anilines is 1. The molecule has 1 atom stereocenters. The first-order valence-electron chi connectivity index (χ1n) is 9.52. The lowest BCUT2D eigenvalue weighted by Gasteiger charge is -2.17. The van der Waals surface area contributed by atoms with Gasteiger partial charge in [-0.1, -0.05) is 41.9 Å². The molecule has 0 aliphatic heterocycles. The molecule has 0 bridgehead atoms. The van der Waals surface area contributed by atoms with Crippen LogP contribution in [0.5, 0.6) is 0 Å². The second kappa shape index (κ2) is 8.79. The maximum absolute atomic E-state index is 13.6. The Morgan fingerprint density at radius 3 is 2.63 bits per heavy atom. The number of carbonyl (C=O) groups is 1. The number of thiazole rings is 1. The molecule has 1 amide bonds. The molecule has 3 aromatic heterocycles. The summed E-state index contributed by atoms with van der Waals surface area (Å²) in [7, 11) is 0. The van der Waals surface area contributed by atoms with E-state index in [0.29, 0.717) is 21.8 Å². The molecule has 1 N–H and O–H groups in total. The molecule has 0 saturated carbocycles. The van der Waals surface area contributed by atoms with Crippen molar-refractivity contribution < 1.29 is 4.79 Å². The summed E-state index contributed by atoms with van der Waals surface area (Å²) in [4.78, 5) is 36.8. The summed E-state index contributed by atoms with van der Waals surface area (Å²) >= 11 is 6.34. The zero-order valence-corrected chi connectivity index (χ0v) is 19.6. The third-order valence-electron chi connectivity index (χ3n) is 4.85. The number of amides is 1. The van der Waals surface area contributed by atoms with Crippen molar-refractivity contribution >= 4 is 59.9 Å². The van der Waals surface area contributed by atoms with Crippen molar-refractivity contribution in [2.45, 2.75) is 32.7 Å². The first-order chi connectivity index (χ1) is 14.5. The molecule has 3 heterocycles. The van der Waals surface area contributed by atoms with Gasteiger partial charge in [0.2, 0.25) is 5.91 Å². The fraction of sp³-hybridized carbons (Fsp3) is 0.238. The molecule has 0 aliphatic rings. The lowest BCUT2D eigenvalue weighted by atomic mass is 10.0. The van der Waals surface area contributed by atoms with E-state index in [-0.39, 0.29) is 11.5 Å². The van der Waals surface area contributed by atoms with Crippen molar-refractivity contribution in [1.29, 1.82) is 0 Å². The van der Waals surface area contributed by atoms with Crippen LogP contribution < -0.4 is 10.9 Å². The van der Waals surface area contributed by atoms with Gasteiger partial charge in [0.15, 0.2) is 5.13 Å². The van der Waals surface area contributed by atoms with E-state index in [2.05, 4.69) is 38.1 Å². The van der Waals surface area contributed by atoms with Gasteiger partial charge in [0.1, 0.15) is 10.9 Å². The molecular weight excluding hydrogens is 484 g/mol. The number of aromatic nitrogens is 3. The number of carbonyl (C=O) groups excluding carboxylic acids is 1. The topological polar surface area (TPSA) is 76.9 Å². The average Bonchev–Trinajstić information content (AvgIpc) is 3.38. The van der Waals surface area contributed by atoms with Gasteiger partial charge in [0.05, 0.1) is 11.7 Å². The summed E-state index contributed by atoms with van der Waals surface area (Å²) in [5, 5.41) is 5.67. The Labute approximate surface area is 189 Å². The Morgan fingerprint density at radius 2 is 2.00 bits per heavy atom. The third-order valence-corrected chi connectivity index (χ3v) is 7.31. The number of thiophene rings is 1. The number of nitrogens with zero attached hydrogens (tertiary/aromatic N) is 3. The van der Waals surface area contributed by atoms with Crippen molar-refractivity contribution in [3.05, 3.63) is 61.9 Å². The maximum Gasteiger partial charge on any atom is 0.263 e. The van der Waals surface area contributed by atoms with Gasteiger partial charge in [0, 0.05) is 26.5 Å². The van der Waals surface area contributed by atoms with Crippen LogP contribution in [0.4, 0.5) is 5.13 Å². The zero-order chi connectivity index (χ0) is 21.3. The van der Waals surface area contributed by atoms with Gasteiger partial charge in [-0.3, -0.25) is 14.2 Å². The smallest absolute Gasteiger partial charge is 0.263 e. The maximum atomic E-state index is 13.6. The van der Waals surface area contributed by atoms with E-state index in [0.717, 1.165) is 26.9 Å². The highest BCUT2D eigenvalue weighted by molar-refractivity contribution is 9.10. The van der Waals surface area contributed by atoms with Crippen LogP contribution in [0.15, 0.2) is 51.4 Å². The average molecular weight is 503 g/mol. The number of hydrogen-bond donors (Lipinski definition) is 1. The minimum atomic E-state index is -0.666. The molecule has 1 unspecified atom stereocenters. The van der Waals surface area contributed by atoms with Gasteiger partial charge < -0.3 is 5.32 Å². The molecule has 4 rings (SSSR count). The Balaban J connectivity index is 1.85. The number of halogens is 1. The van der Waals surface area contributed by atoms with Crippen molar-refractivity contribution in [2.75, 3.05) is 5.32 Å². The molecule has 1 aromatic carbocycles. The largest absolute Gasteiger partial charge is 0.300 e. The summed E-state index contributed by atoms with van der Waals surface area (Å²) < 4.78 is 2.42. The van der Waals surface area contributed by atoms with E-state index in [4.69, 9.17) is 0 Å². The van der Waals surface area contributed by atoms with E-state index < -0.39 is 6.04 Å². The molecule has 30 heavy (non-hydrogen) atoms. The highest BCUT2D eigenvalue weighted by atomic mass is 79.9. The van der Waals surface area contributed by atoms with Crippen LogP contribution in [0.3, 0.4) is 0 Å². The summed E-state index contributed by atoms with van der Waals surface area (Å²) in [6.07, 6.45) is 4.38. The van der Waals surface area contributed by atoms with Crippen molar-refractivity contribution in [3.63, 3.8) is 0 Å². The minimum Gasteiger partial charge on any atom is -0.300 e. The van der Waals surface area contributed by atoms with E-state index in [1.54, 1.807) is 11.6 Å². The normalized spacial score (nSPS) is 12.2. The van der Waals surface area contributed by atoms with E-state index in [1.807, 2.05) is 31.2 Å². The van der Waals surface area contributed by atoms with Gasteiger partial charge in [-0.05, 0) is 30.5 Å². The standard InChI is InChI=1S/C21H19BrN4O2S2/c1-3-14(18(27)25-21-23-9-10-29-21)26-11-24-19-17(20(26)28)16(15(4-2)30-19)12-5-7-13(22)8-6-12/h5-11,14H,3-4H2,1-2H3,(H,23,25,27). The highest BCUT2D eigenvalue weighted by Crippen LogP contribution is 2.37. The predicted octanol–water partition coefficient (Wildman–Crippen LogP) is 5.50. The van der Waals surface area contributed by atoms with Gasteiger partial charge in [-0.2, -0.15) is 0 Å². The second-order valence-corrected chi connectivity index (χ2v) is 9.54. The Morgan fingerprint density at radius 1 is 1.23 bits per heavy atom. The number of aryl methyl sites for hydroxylation is 1. The fourth-order valence-electron chi connectivity index (χ4n) is 3.43. The van der Waals surface area contributed by atoms with Crippen LogP contribution in [0.1, 0.15) is 31.2 Å². The summed E-state index contributed by atoms with van der Waals surface area (Å²) in [5.74, 6) is -0.271. The van der Waals surface area contributed by atoms with Crippen LogP contribution >= 0.6 is 38.6 Å². The van der Waals surface area contributed by atoms with Gasteiger partial charge in [-0.15, -0.1) is 22.7 Å². The molecule has 0 spiro atoms. The van der Waals surface area contributed by atoms with Gasteiger partial charge in [0.25, 0.3) is 5.56 Å². The molecule has 0 radical (unpaired) electrons. The van der Waals surface area contributed by atoms with Crippen LogP contribution in [0, 0.1) is 0 Å². The van der Waals surface area contributed by atoms with Crippen molar-refractivity contribution in [2.24, 2.45) is 0 Å². The molecule has 4 aromatic rings. The van der Waals surface area contributed by atoms with Crippen molar-refractivity contribution in [3.8, 4) is 11.1 Å². The molecule has 154 valence electrons. The molecule has 0 fully saturated rings.